The van der Waals surface area contributed by atoms with E-state index in [1.807, 2.05) is 13.8 Å². The summed E-state index contributed by atoms with van der Waals surface area (Å²) in [7, 11) is 3.16. The minimum atomic E-state index is 0. The van der Waals surface area contributed by atoms with Crippen LogP contribution in [0.25, 0.3) is 0 Å². The quantitative estimate of drug-likeness (QED) is 0.782. The number of ether oxygens (including phenoxy) is 1. The number of carbonyl (C=O) groups excluding carboxylic acids is 2. The normalized spacial score (nSPS) is 10.2. The molecule has 1 amide bonds. The fourth-order valence-corrected chi connectivity index (χ4v) is 0.635. The van der Waals surface area contributed by atoms with E-state index in [2.05, 4.69) is 10.1 Å². The van der Waals surface area contributed by atoms with Crippen molar-refractivity contribution in [3.05, 3.63) is 0 Å². The summed E-state index contributed by atoms with van der Waals surface area (Å²) >= 11 is 0. The Labute approximate surface area is 93.4 Å². The smallest absolute Gasteiger partial charge is 0.222 e. The minimum absolute atomic E-state index is 0. The molecule has 0 rings (SSSR count). The van der Waals surface area contributed by atoms with Gasteiger partial charge in [0, 0.05) is 20.1 Å². The van der Waals surface area contributed by atoms with Gasteiger partial charge in [0.15, 0.2) is 5.78 Å². The number of hydrogen-bond acceptors (Lipinski definition) is 3. The number of ketones is 1. The van der Waals surface area contributed by atoms with Crippen LogP contribution < -0.4 is 5.32 Å². The monoisotopic (exact) mass is 219 g/mol. The summed E-state index contributed by atoms with van der Waals surface area (Å²) in [5, 5.41) is 2.58. The van der Waals surface area contributed by atoms with Crippen LogP contribution in [0.5, 0.6) is 0 Å². The van der Waals surface area contributed by atoms with Crippen LogP contribution in [-0.4, -0.2) is 32.5 Å². The number of carbonyl (C=O) groups is 2. The van der Waals surface area contributed by atoms with E-state index in [1.54, 1.807) is 7.05 Å². The number of rotatable bonds is 4. The Hall–Kier alpha value is -0.900. The molecule has 0 saturated heterocycles. The Morgan fingerprint density at radius 2 is 1.87 bits per heavy atom. The van der Waals surface area contributed by atoms with Gasteiger partial charge in [-0.15, -0.1) is 0 Å². The van der Waals surface area contributed by atoms with Crippen molar-refractivity contribution in [3.8, 4) is 0 Å². The van der Waals surface area contributed by atoms with E-state index in [0.717, 1.165) is 6.42 Å². The van der Waals surface area contributed by atoms with Crippen molar-refractivity contribution in [2.45, 2.75) is 34.6 Å². The zero-order chi connectivity index (χ0) is 11.6. The fourth-order valence-electron chi connectivity index (χ4n) is 0.635. The summed E-state index contributed by atoms with van der Waals surface area (Å²) in [5.41, 5.74) is 0. The van der Waals surface area contributed by atoms with Crippen LogP contribution in [0.3, 0.4) is 0 Å². The van der Waals surface area contributed by atoms with E-state index in [0.29, 0.717) is 0 Å². The third kappa shape index (κ3) is 15.8. The maximum absolute atomic E-state index is 10.6. The second-order valence-electron chi connectivity index (χ2n) is 3.06. The first kappa shape index (κ1) is 19.6. The van der Waals surface area contributed by atoms with Crippen LogP contribution in [0.2, 0.25) is 0 Å². The van der Waals surface area contributed by atoms with Crippen LogP contribution in [0.1, 0.15) is 34.6 Å². The van der Waals surface area contributed by atoms with Gasteiger partial charge in [0.2, 0.25) is 5.91 Å². The van der Waals surface area contributed by atoms with Gasteiger partial charge >= 0.3 is 0 Å². The second-order valence-corrected chi connectivity index (χ2v) is 3.06. The van der Waals surface area contributed by atoms with E-state index in [1.165, 1.54) is 14.0 Å². The molecule has 0 aromatic rings. The highest BCUT2D eigenvalue weighted by molar-refractivity contribution is 5.77. The summed E-state index contributed by atoms with van der Waals surface area (Å²) in [5.74, 6) is 0.366. The third-order valence-corrected chi connectivity index (χ3v) is 1.65. The maximum atomic E-state index is 10.6. The molecule has 0 aromatic heterocycles. The summed E-state index contributed by atoms with van der Waals surface area (Å²) < 4.78 is 4.45. The zero-order valence-electron chi connectivity index (χ0n) is 9.72. The Bertz CT molecular complexity index is 169. The van der Waals surface area contributed by atoms with Crippen molar-refractivity contribution in [2.75, 3.05) is 20.8 Å². The lowest BCUT2D eigenvalue weighted by Gasteiger charge is -2.03. The van der Waals surface area contributed by atoms with Crippen LogP contribution in [0, 0.1) is 5.92 Å². The molecular weight excluding hydrogens is 194 g/mol. The Morgan fingerprint density at radius 1 is 1.40 bits per heavy atom. The molecular formula is C11H25NO3. The van der Waals surface area contributed by atoms with E-state index in [-0.39, 0.29) is 31.6 Å². The van der Waals surface area contributed by atoms with Crippen LogP contribution in [-0.2, 0) is 14.3 Å². The molecule has 0 bridgehead atoms. The van der Waals surface area contributed by atoms with Gasteiger partial charge < -0.3 is 10.1 Å². The van der Waals surface area contributed by atoms with Gasteiger partial charge in [0.25, 0.3) is 0 Å². The first-order valence-electron chi connectivity index (χ1n) is 4.69. The van der Waals surface area contributed by atoms with E-state index < -0.39 is 0 Å². The minimum Gasteiger partial charge on any atom is -0.377 e. The SMILES string of the molecule is C.CCC(C)C(=O)NC.COCC(C)=O. The molecule has 0 aliphatic rings. The molecule has 92 valence electrons. The van der Waals surface area contributed by atoms with E-state index in [4.69, 9.17) is 0 Å². The molecule has 0 spiro atoms. The molecule has 15 heavy (non-hydrogen) atoms. The van der Waals surface area contributed by atoms with Gasteiger partial charge in [-0.2, -0.15) is 0 Å². The average Bonchev–Trinajstić information content (AvgIpc) is 2.16. The summed E-state index contributed by atoms with van der Waals surface area (Å²) in [6, 6.07) is 0. The molecule has 0 aliphatic carbocycles. The number of nitrogens with one attached hydrogen (secondary N) is 1. The first-order chi connectivity index (χ1) is 6.49. The van der Waals surface area contributed by atoms with Crippen molar-refractivity contribution in [2.24, 2.45) is 5.92 Å². The Morgan fingerprint density at radius 3 is 1.93 bits per heavy atom. The van der Waals surface area contributed by atoms with Crippen LogP contribution in [0.15, 0.2) is 0 Å². The molecule has 0 aromatic carbocycles. The highest BCUT2D eigenvalue weighted by Crippen LogP contribution is 1.97. The number of methoxy groups -OCH3 is 1. The standard InChI is InChI=1S/C6H13NO.C4H8O2.CH4/c1-4-5(2)6(8)7-3;1-4(5)3-6-2;/h5H,4H2,1-3H3,(H,7,8);3H2,1-2H3;1H4. The highest BCUT2D eigenvalue weighted by atomic mass is 16.5. The van der Waals surface area contributed by atoms with Crippen molar-refractivity contribution >= 4 is 11.7 Å². The van der Waals surface area contributed by atoms with E-state index in [9.17, 15) is 9.59 Å². The molecule has 0 radical (unpaired) electrons. The Balaban J connectivity index is -0.000000187. The molecule has 1 unspecified atom stereocenters. The predicted molar refractivity (Wildman–Crippen MR) is 62.8 cm³/mol. The van der Waals surface area contributed by atoms with Gasteiger partial charge in [0.05, 0.1) is 0 Å². The first-order valence-corrected chi connectivity index (χ1v) is 4.69. The summed E-state index contributed by atoms with van der Waals surface area (Å²) in [6.07, 6.45) is 0.916. The van der Waals surface area contributed by atoms with Gasteiger partial charge in [-0.1, -0.05) is 21.3 Å². The summed E-state index contributed by atoms with van der Waals surface area (Å²) in [6.45, 7) is 5.64. The van der Waals surface area contributed by atoms with Crippen molar-refractivity contribution in [1.29, 1.82) is 0 Å². The largest absolute Gasteiger partial charge is 0.377 e. The average molecular weight is 219 g/mol. The number of Topliss-reactive ketones (excluding diaryl/α,β-unsaturated/α-hetero) is 1. The predicted octanol–water partition coefficient (Wildman–Crippen LogP) is 1.64. The molecule has 4 nitrogen and oxygen atoms in total. The lowest BCUT2D eigenvalue weighted by Crippen LogP contribution is -2.24. The van der Waals surface area contributed by atoms with Crippen molar-refractivity contribution in [3.63, 3.8) is 0 Å². The Kier molecular flexibility index (Phi) is 17.2. The molecule has 0 saturated carbocycles. The molecule has 0 heterocycles. The van der Waals surface area contributed by atoms with Crippen LogP contribution >= 0.6 is 0 Å². The molecule has 1 atom stereocenters. The van der Waals surface area contributed by atoms with Crippen molar-refractivity contribution in [1.82, 2.24) is 5.32 Å². The maximum Gasteiger partial charge on any atom is 0.222 e. The lowest BCUT2D eigenvalue weighted by atomic mass is 10.1. The van der Waals surface area contributed by atoms with Crippen molar-refractivity contribution < 1.29 is 14.3 Å². The third-order valence-electron chi connectivity index (χ3n) is 1.65. The molecule has 0 aliphatic heterocycles. The number of amides is 1. The van der Waals surface area contributed by atoms with Crippen LogP contribution in [0.4, 0.5) is 0 Å². The highest BCUT2D eigenvalue weighted by Gasteiger charge is 2.05. The zero-order valence-corrected chi connectivity index (χ0v) is 9.72. The van der Waals surface area contributed by atoms with Gasteiger partial charge in [-0.25, -0.2) is 0 Å². The fraction of sp³-hybridized carbons (Fsp3) is 0.818. The molecule has 1 N–H and O–H groups in total. The number of hydrogen-bond donors (Lipinski definition) is 1. The van der Waals surface area contributed by atoms with Gasteiger partial charge in [0.1, 0.15) is 6.61 Å². The van der Waals surface area contributed by atoms with E-state index >= 15 is 0 Å². The van der Waals surface area contributed by atoms with Gasteiger partial charge in [-0.3, -0.25) is 9.59 Å². The topological polar surface area (TPSA) is 55.4 Å². The second kappa shape index (κ2) is 13.1. The lowest BCUT2D eigenvalue weighted by molar-refractivity contribution is -0.124. The molecule has 4 heteroatoms. The van der Waals surface area contributed by atoms with Gasteiger partial charge in [-0.05, 0) is 13.3 Å². The summed E-state index contributed by atoms with van der Waals surface area (Å²) in [4.78, 5) is 20.6. The molecule has 0 fully saturated rings.